The van der Waals surface area contributed by atoms with Crippen molar-refractivity contribution in [1.29, 1.82) is 0 Å². The number of rotatable bonds is 7. The van der Waals surface area contributed by atoms with Crippen LogP contribution in [0.25, 0.3) is 11.0 Å². The Morgan fingerprint density at radius 1 is 1.15 bits per heavy atom. The molecule has 3 rings (SSSR count). The van der Waals surface area contributed by atoms with Gasteiger partial charge in [-0.1, -0.05) is 30.3 Å². The number of nitrogen functional groups attached to an aromatic ring is 1. The fraction of sp³-hybridized carbons (Fsp3) is 0.211. The summed E-state index contributed by atoms with van der Waals surface area (Å²) in [5.74, 6) is -1.05. The Kier molecular flexibility index (Phi) is 5.60. The Labute approximate surface area is 151 Å². The molecule has 134 valence electrons. The molecule has 2 aromatic carbocycles. The molecule has 0 saturated carbocycles. The highest BCUT2D eigenvalue weighted by atomic mass is 16.4. The Bertz CT molecular complexity index is 877. The minimum absolute atomic E-state index is 0.243. The van der Waals surface area contributed by atoms with E-state index in [2.05, 4.69) is 5.32 Å². The van der Waals surface area contributed by atoms with E-state index in [1.807, 2.05) is 36.4 Å². The molecular formula is C19H21BN2O4. The van der Waals surface area contributed by atoms with Crippen LogP contribution in [-0.4, -0.2) is 29.0 Å². The molecule has 0 aliphatic carbocycles. The third-order valence-electron chi connectivity index (χ3n) is 4.33. The van der Waals surface area contributed by atoms with Crippen LogP contribution in [0.5, 0.6) is 0 Å². The van der Waals surface area contributed by atoms with Crippen molar-refractivity contribution < 1.29 is 19.3 Å². The first-order valence-corrected chi connectivity index (χ1v) is 8.48. The Morgan fingerprint density at radius 3 is 2.62 bits per heavy atom. The second-order valence-corrected chi connectivity index (χ2v) is 6.29. The summed E-state index contributed by atoms with van der Waals surface area (Å²) in [6, 6.07) is 14.8. The van der Waals surface area contributed by atoms with Crippen LogP contribution in [0.4, 0.5) is 5.69 Å². The molecule has 0 aliphatic rings. The summed E-state index contributed by atoms with van der Waals surface area (Å²) in [6.07, 6.45) is 2.65. The van der Waals surface area contributed by atoms with E-state index in [-0.39, 0.29) is 18.7 Å². The first kappa shape index (κ1) is 18.0. The molecule has 3 aromatic rings. The SMILES string of the molecule is Nc1ccc(CCC(=O)NC(Cc2coc3ccccc23)B(O)O)cc1. The Balaban J connectivity index is 1.61. The van der Waals surface area contributed by atoms with Gasteiger partial charge < -0.3 is 25.5 Å². The number of carbonyl (C=O) groups is 1. The monoisotopic (exact) mass is 352 g/mol. The molecule has 0 bridgehead atoms. The van der Waals surface area contributed by atoms with Crippen molar-refractivity contribution in [2.45, 2.75) is 25.2 Å². The molecule has 1 unspecified atom stereocenters. The fourth-order valence-corrected chi connectivity index (χ4v) is 2.88. The van der Waals surface area contributed by atoms with E-state index in [1.165, 1.54) is 0 Å². The lowest BCUT2D eigenvalue weighted by atomic mass is 9.76. The van der Waals surface area contributed by atoms with Gasteiger partial charge >= 0.3 is 7.12 Å². The highest BCUT2D eigenvalue weighted by molar-refractivity contribution is 6.43. The van der Waals surface area contributed by atoms with E-state index in [1.54, 1.807) is 18.4 Å². The zero-order valence-corrected chi connectivity index (χ0v) is 14.3. The number of nitrogens with two attached hydrogens (primary N) is 1. The number of nitrogens with one attached hydrogen (secondary N) is 1. The molecule has 0 saturated heterocycles. The van der Waals surface area contributed by atoms with Crippen molar-refractivity contribution in [3.63, 3.8) is 0 Å². The van der Waals surface area contributed by atoms with Gasteiger partial charge in [-0.05, 0) is 42.2 Å². The van der Waals surface area contributed by atoms with Gasteiger partial charge in [0, 0.05) is 17.5 Å². The molecule has 1 atom stereocenters. The van der Waals surface area contributed by atoms with Gasteiger partial charge in [-0.15, -0.1) is 0 Å². The summed E-state index contributed by atoms with van der Waals surface area (Å²) >= 11 is 0. The summed E-state index contributed by atoms with van der Waals surface area (Å²) in [5.41, 5.74) is 8.86. The first-order chi connectivity index (χ1) is 12.5. The number of aryl methyl sites for hydroxylation is 1. The van der Waals surface area contributed by atoms with E-state index in [0.29, 0.717) is 12.1 Å². The molecule has 26 heavy (non-hydrogen) atoms. The number of fused-ring (bicyclic) bond motifs is 1. The van der Waals surface area contributed by atoms with Crippen molar-refractivity contribution in [2.75, 3.05) is 5.73 Å². The zero-order valence-electron chi connectivity index (χ0n) is 14.3. The van der Waals surface area contributed by atoms with Gasteiger partial charge in [0.25, 0.3) is 0 Å². The maximum absolute atomic E-state index is 12.2. The third kappa shape index (κ3) is 4.44. The number of amides is 1. The number of furan rings is 1. The van der Waals surface area contributed by atoms with Crippen LogP contribution in [0.2, 0.25) is 0 Å². The topological polar surface area (TPSA) is 109 Å². The summed E-state index contributed by atoms with van der Waals surface area (Å²) in [7, 11) is -1.66. The van der Waals surface area contributed by atoms with Crippen LogP contribution in [0.1, 0.15) is 17.5 Å². The molecule has 1 aromatic heterocycles. The maximum Gasteiger partial charge on any atom is 0.475 e. The molecule has 6 nitrogen and oxygen atoms in total. The van der Waals surface area contributed by atoms with Gasteiger partial charge in [0.1, 0.15) is 5.58 Å². The molecule has 7 heteroatoms. The van der Waals surface area contributed by atoms with Gasteiger partial charge in [0.05, 0.1) is 12.2 Å². The van der Waals surface area contributed by atoms with E-state index in [4.69, 9.17) is 10.2 Å². The van der Waals surface area contributed by atoms with Crippen molar-refractivity contribution in [2.24, 2.45) is 0 Å². The molecule has 0 radical (unpaired) electrons. The zero-order chi connectivity index (χ0) is 18.5. The van der Waals surface area contributed by atoms with Crippen LogP contribution in [0.15, 0.2) is 59.2 Å². The minimum atomic E-state index is -1.66. The van der Waals surface area contributed by atoms with E-state index in [9.17, 15) is 14.8 Å². The molecule has 5 N–H and O–H groups in total. The molecule has 1 heterocycles. The van der Waals surface area contributed by atoms with Crippen molar-refractivity contribution in [3.8, 4) is 0 Å². The molecule has 0 spiro atoms. The summed E-state index contributed by atoms with van der Waals surface area (Å²) in [4.78, 5) is 12.2. The van der Waals surface area contributed by atoms with Gasteiger partial charge in [-0.3, -0.25) is 4.79 Å². The van der Waals surface area contributed by atoms with Crippen LogP contribution >= 0.6 is 0 Å². The standard InChI is InChI=1S/C19H21BN2O4/c21-15-8-5-13(6-9-15)7-10-19(23)22-18(20(24)25)11-14-12-26-17-4-2-1-3-16(14)17/h1-6,8-9,12,18,24-25H,7,10-11,21H2,(H,22,23). The maximum atomic E-state index is 12.2. The molecule has 0 aliphatic heterocycles. The van der Waals surface area contributed by atoms with Gasteiger partial charge in [-0.2, -0.15) is 0 Å². The first-order valence-electron chi connectivity index (χ1n) is 8.48. The molecular weight excluding hydrogens is 331 g/mol. The predicted octanol–water partition coefficient (Wildman–Crippen LogP) is 1.69. The fourth-order valence-electron chi connectivity index (χ4n) is 2.88. The highest BCUT2D eigenvalue weighted by Gasteiger charge is 2.26. The quantitative estimate of drug-likeness (QED) is 0.382. The Morgan fingerprint density at radius 2 is 1.88 bits per heavy atom. The molecule has 0 fully saturated rings. The second kappa shape index (κ2) is 8.08. The average molecular weight is 352 g/mol. The van der Waals surface area contributed by atoms with Crippen LogP contribution < -0.4 is 11.1 Å². The lowest BCUT2D eigenvalue weighted by Crippen LogP contribution is -2.47. The number of para-hydroxylation sites is 1. The summed E-state index contributed by atoms with van der Waals surface area (Å²) in [5, 5.41) is 22.9. The van der Waals surface area contributed by atoms with Crippen LogP contribution in [-0.2, 0) is 17.6 Å². The van der Waals surface area contributed by atoms with Gasteiger partial charge in [0.2, 0.25) is 5.91 Å². The lowest BCUT2D eigenvalue weighted by molar-refractivity contribution is -0.121. The minimum Gasteiger partial charge on any atom is -0.464 e. The number of carbonyl (C=O) groups excluding carboxylic acids is 1. The smallest absolute Gasteiger partial charge is 0.464 e. The largest absolute Gasteiger partial charge is 0.475 e. The van der Waals surface area contributed by atoms with Crippen LogP contribution in [0.3, 0.4) is 0 Å². The number of hydrogen-bond donors (Lipinski definition) is 4. The van der Waals surface area contributed by atoms with Gasteiger partial charge in [0.15, 0.2) is 0 Å². The van der Waals surface area contributed by atoms with Crippen molar-refractivity contribution in [3.05, 3.63) is 65.9 Å². The predicted molar refractivity (Wildman–Crippen MR) is 101 cm³/mol. The molecule has 1 amide bonds. The number of anilines is 1. The normalized spacial score (nSPS) is 12.1. The van der Waals surface area contributed by atoms with E-state index in [0.717, 1.165) is 22.1 Å². The average Bonchev–Trinajstić information content (AvgIpc) is 3.04. The van der Waals surface area contributed by atoms with Gasteiger partial charge in [-0.25, -0.2) is 0 Å². The summed E-state index contributed by atoms with van der Waals surface area (Å²) < 4.78 is 5.46. The van der Waals surface area contributed by atoms with Crippen LogP contribution in [0, 0.1) is 0 Å². The lowest BCUT2D eigenvalue weighted by Gasteiger charge is -2.17. The van der Waals surface area contributed by atoms with Crippen molar-refractivity contribution in [1.82, 2.24) is 5.32 Å². The second-order valence-electron chi connectivity index (χ2n) is 6.29. The highest BCUT2D eigenvalue weighted by Crippen LogP contribution is 2.22. The van der Waals surface area contributed by atoms with E-state index >= 15 is 0 Å². The van der Waals surface area contributed by atoms with Crippen molar-refractivity contribution >= 4 is 29.7 Å². The Hall–Kier alpha value is -2.77. The van der Waals surface area contributed by atoms with E-state index < -0.39 is 13.1 Å². The summed E-state index contributed by atoms with van der Waals surface area (Å²) in [6.45, 7) is 0. The third-order valence-corrected chi connectivity index (χ3v) is 4.33. The number of hydrogen-bond acceptors (Lipinski definition) is 5. The number of benzene rings is 2.